The predicted octanol–water partition coefficient (Wildman–Crippen LogP) is 2.55. The lowest BCUT2D eigenvalue weighted by Gasteiger charge is -2.08. The van der Waals surface area contributed by atoms with Crippen molar-refractivity contribution in [2.24, 2.45) is 0 Å². The molecule has 0 saturated carbocycles. The van der Waals surface area contributed by atoms with E-state index in [0.717, 1.165) is 4.47 Å². The molecule has 6 heteroatoms. The van der Waals surface area contributed by atoms with Gasteiger partial charge in [-0.2, -0.15) is 5.10 Å². The van der Waals surface area contributed by atoms with Crippen LogP contribution in [0.2, 0.25) is 0 Å². The second-order valence-electron chi connectivity index (χ2n) is 3.32. The van der Waals surface area contributed by atoms with Gasteiger partial charge in [0.25, 0.3) is 0 Å². The van der Waals surface area contributed by atoms with Crippen LogP contribution < -0.4 is 0 Å². The molecule has 0 spiro atoms. The molecule has 0 aromatic carbocycles. The summed E-state index contributed by atoms with van der Waals surface area (Å²) in [7, 11) is 0. The SMILES string of the molecule is CC(c1ccc(C(=O)O)o1)n1cc(Br)cn1. The minimum Gasteiger partial charge on any atom is -0.475 e. The van der Waals surface area contributed by atoms with Crippen molar-refractivity contribution in [1.82, 2.24) is 9.78 Å². The fourth-order valence-electron chi connectivity index (χ4n) is 1.35. The Hall–Kier alpha value is -1.56. The van der Waals surface area contributed by atoms with E-state index in [9.17, 15) is 4.79 Å². The van der Waals surface area contributed by atoms with Gasteiger partial charge < -0.3 is 9.52 Å². The topological polar surface area (TPSA) is 68.3 Å². The van der Waals surface area contributed by atoms with Crippen molar-refractivity contribution in [1.29, 1.82) is 0 Å². The Morgan fingerprint density at radius 2 is 2.38 bits per heavy atom. The molecule has 1 N–H and O–H groups in total. The Balaban J connectivity index is 2.26. The van der Waals surface area contributed by atoms with E-state index in [1.165, 1.54) is 6.07 Å². The quantitative estimate of drug-likeness (QED) is 0.941. The highest BCUT2D eigenvalue weighted by atomic mass is 79.9. The molecule has 0 radical (unpaired) electrons. The zero-order chi connectivity index (χ0) is 11.7. The Morgan fingerprint density at radius 3 is 2.88 bits per heavy atom. The van der Waals surface area contributed by atoms with Gasteiger partial charge in [-0.15, -0.1) is 0 Å². The average Bonchev–Trinajstić information content (AvgIpc) is 2.84. The van der Waals surface area contributed by atoms with Crippen molar-refractivity contribution in [3.8, 4) is 0 Å². The number of aromatic nitrogens is 2. The Kier molecular flexibility index (Phi) is 2.82. The van der Waals surface area contributed by atoms with Crippen molar-refractivity contribution in [2.75, 3.05) is 0 Å². The van der Waals surface area contributed by atoms with Gasteiger partial charge in [-0.1, -0.05) is 0 Å². The third kappa shape index (κ3) is 2.01. The van der Waals surface area contributed by atoms with E-state index in [1.807, 2.05) is 6.92 Å². The average molecular weight is 285 g/mol. The van der Waals surface area contributed by atoms with E-state index >= 15 is 0 Å². The summed E-state index contributed by atoms with van der Waals surface area (Å²) in [5, 5.41) is 12.8. The van der Waals surface area contributed by atoms with Crippen LogP contribution in [0.15, 0.2) is 33.4 Å². The summed E-state index contributed by atoms with van der Waals surface area (Å²) in [5.74, 6) is -0.568. The molecule has 84 valence electrons. The van der Waals surface area contributed by atoms with Crippen molar-refractivity contribution < 1.29 is 14.3 Å². The largest absolute Gasteiger partial charge is 0.475 e. The molecule has 1 unspecified atom stereocenters. The molecule has 2 heterocycles. The molecule has 0 aliphatic carbocycles. The number of carboxylic acids is 1. The van der Waals surface area contributed by atoms with Crippen molar-refractivity contribution in [2.45, 2.75) is 13.0 Å². The van der Waals surface area contributed by atoms with Crippen LogP contribution in [0.4, 0.5) is 0 Å². The van der Waals surface area contributed by atoms with Gasteiger partial charge in [-0.25, -0.2) is 4.79 Å². The Morgan fingerprint density at radius 1 is 1.62 bits per heavy atom. The number of carbonyl (C=O) groups is 1. The third-order valence-corrected chi connectivity index (χ3v) is 2.63. The highest BCUT2D eigenvalue weighted by molar-refractivity contribution is 9.10. The van der Waals surface area contributed by atoms with Gasteiger partial charge in [0, 0.05) is 6.20 Å². The molecule has 1 atom stereocenters. The first-order valence-corrected chi connectivity index (χ1v) is 5.40. The van der Waals surface area contributed by atoms with Crippen LogP contribution >= 0.6 is 15.9 Å². The van der Waals surface area contributed by atoms with E-state index in [2.05, 4.69) is 21.0 Å². The second-order valence-corrected chi connectivity index (χ2v) is 4.24. The number of nitrogens with zero attached hydrogens (tertiary/aromatic N) is 2. The first-order chi connectivity index (χ1) is 7.58. The van der Waals surface area contributed by atoms with Crippen LogP contribution in [0.1, 0.15) is 29.3 Å². The van der Waals surface area contributed by atoms with Crippen LogP contribution in [-0.2, 0) is 0 Å². The molecular formula is C10H9BrN2O3. The number of rotatable bonds is 3. The van der Waals surface area contributed by atoms with Gasteiger partial charge in [-0.3, -0.25) is 4.68 Å². The molecule has 0 amide bonds. The third-order valence-electron chi connectivity index (χ3n) is 2.22. The first-order valence-electron chi connectivity index (χ1n) is 4.60. The fraction of sp³-hybridized carbons (Fsp3) is 0.200. The van der Waals surface area contributed by atoms with Crippen LogP contribution in [0.5, 0.6) is 0 Å². The molecule has 0 fully saturated rings. The molecular weight excluding hydrogens is 276 g/mol. The summed E-state index contributed by atoms with van der Waals surface area (Å²) in [5.41, 5.74) is 0. The minimum atomic E-state index is -1.07. The number of furan rings is 1. The lowest BCUT2D eigenvalue weighted by molar-refractivity contribution is 0.0659. The fourth-order valence-corrected chi connectivity index (χ4v) is 1.65. The molecule has 2 aromatic rings. The van der Waals surface area contributed by atoms with Crippen LogP contribution in [0.3, 0.4) is 0 Å². The Labute approximate surface area is 99.8 Å². The van der Waals surface area contributed by atoms with E-state index in [4.69, 9.17) is 9.52 Å². The molecule has 0 aliphatic heterocycles. The number of carboxylic acid groups (broad SMARTS) is 1. The Bertz CT molecular complexity index is 518. The van der Waals surface area contributed by atoms with Crippen LogP contribution in [-0.4, -0.2) is 20.9 Å². The number of hydrogen-bond donors (Lipinski definition) is 1. The zero-order valence-electron chi connectivity index (χ0n) is 8.42. The second kappa shape index (κ2) is 4.13. The highest BCUT2D eigenvalue weighted by Crippen LogP contribution is 2.21. The summed E-state index contributed by atoms with van der Waals surface area (Å²) in [6.07, 6.45) is 3.46. The zero-order valence-corrected chi connectivity index (χ0v) is 10.0. The number of halogens is 1. The molecule has 2 rings (SSSR count). The highest BCUT2D eigenvalue weighted by Gasteiger charge is 2.15. The first kappa shape index (κ1) is 10.9. The predicted molar refractivity (Wildman–Crippen MR) is 59.4 cm³/mol. The summed E-state index contributed by atoms with van der Waals surface area (Å²) in [6, 6.07) is 2.94. The molecule has 0 aliphatic rings. The lowest BCUT2D eigenvalue weighted by Crippen LogP contribution is -2.06. The monoisotopic (exact) mass is 284 g/mol. The van der Waals surface area contributed by atoms with Gasteiger partial charge >= 0.3 is 5.97 Å². The van der Waals surface area contributed by atoms with E-state index in [1.54, 1.807) is 23.1 Å². The van der Waals surface area contributed by atoms with Crippen molar-refractivity contribution in [3.63, 3.8) is 0 Å². The number of hydrogen-bond acceptors (Lipinski definition) is 3. The van der Waals surface area contributed by atoms with Crippen LogP contribution in [0, 0.1) is 0 Å². The molecule has 5 nitrogen and oxygen atoms in total. The minimum absolute atomic E-state index is 0.0620. The van der Waals surface area contributed by atoms with E-state index < -0.39 is 5.97 Å². The molecule has 16 heavy (non-hydrogen) atoms. The van der Waals surface area contributed by atoms with Gasteiger partial charge in [0.1, 0.15) is 11.8 Å². The summed E-state index contributed by atoms with van der Waals surface area (Å²) < 4.78 is 7.75. The summed E-state index contributed by atoms with van der Waals surface area (Å²) in [6.45, 7) is 1.88. The van der Waals surface area contributed by atoms with Crippen LogP contribution in [0.25, 0.3) is 0 Å². The van der Waals surface area contributed by atoms with Gasteiger partial charge in [0.2, 0.25) is 5.76 Å². The van der Waals surface area contributed by atoms with Gasteiger partial charge in [0.15, 0.2) is 0 Å². The lowest BCUT2D eigenvalue weighted by atomic mass is 10.2. The molecule has 0 bridgehead atoms. The van der Waals surface area contributed by atoms with Crippen molar-refractivity contribution in [3.05, 3.63) is 40.5 Å². The summed E-state index contributed by atoms with van der Waals surface area (Å²) in [4.78, 5) is 10.7. The summed E-state index contributed by atoms with van der Waals surface area (Å²) >= 11 is 3.29. The standard InChI is InChI=1S/C10H9BrN2O3/c1-6(13-5-7(11)4-12-13)8-2-3-9(16-8)10(14)15/h2-6H,1H3,(H,14,15). The van der Waals surface area contributed by atoms with Gasteiger partial charge in [0.05, 0.1) is 10.7 Å². The molecule has 0 saturated heterocycles. The van der Waals surface area contributed by atoms with E-state index in [-0.39, 0.29) is 11.8 Å². The van der Waals surface area contributed by atoms with E-state index in [0.29, 0.717) is 5.76 Å². The number of aromatic carboxylic acids is 1. The van der Waals surface area contributed by atoms with Crippen molar-refractivity contribution >= 4 is 21.9 Å². The normalized spacial score (nSPS) is 12.6. The smallest absolute Gasteiger partial charge is 0.371 e. The molecule has 2 aromatic heterocycles. The maximum absolute atomic E-state index is 10.7. The maximum atomic E-state index is 10.7. The van der Waals surface area contributed by atoms with Gasteiger partial charge in [-0.05, 0) is 35.0 Å². The maximum Gasteiger partial charge on any atom is 0.371 e.